The number of nitrogens with one attached hydrogen (secondary N) is 1. The van der Waals surface area contributed by atoms with Gasteiger partial charge in [-0.1, -0.05) is 13.3 Å². The van der Waals surface area contributed by atoms with Crippen molar-refractivity contribution in [2.45, 2.75) is 66.5 Å². The molecular formula is C17H31N3. The van der Waals surface area contributed by atoms with Crippen LogP contribution in [0.1, 0.15) is 58.7 Å². The Morgan fingerprint density at radius 3 is 2.50 bits per heavy atom. The summed E-state index contributed by atoms with van der Waals surface area (Å²) in [4.78, 5) is 6.94. The number of hydrogen-bond donors (Lipinski definition) is 1. The van der Waals surface area contributed by atoms with E-state index in [1.165, 1.54) is 24.1 Å². The topological polar surface area (TPSA) is 28.2 Å². The van der Waals surface area contributed by atoms with Gasteiger partial charge in [0.25, 0.3) is 0 Å². The summed E-state index contributed by atoms with van der Waals surface area (Å²) in [7, 11) is 0. The van der Waals surface area contributed by atoms with Crippen molar-refractivity contribution in [3.05, 3.63) is 23.5 Å². The molecule has 1 aromatic rings. The lowest BCUT2D eigenvalue weighted by atomic mass is 10.1. The smallest absolute Gasteiger partial charge is 0.0445 e. The van der Waals surface area contributed by atoms with Gasteiger partial charge >= 0.3 is 0 Å². The SMILES string of the molecule is CCCCN(CC)c1cc(C)ncc1CNC(C)(C)C. The fraction of sp³-hybridized carbons (Fsp3) is 0.706. The average molecular weight is 277 g/mol. The molecule has 1 aromatic heterocycles. The standard InChI is InChI=1S/C17H31N3/c1-7-9-10-20(8-2)16-11-14(3)18-12-15(16)13-19-17(4,5)6/h11-12,19H,7-10,13H2,1-6H3. The van der Waals surface area contributed by atoms with Gasteiger partial charge in [-0.05, 0) is 47.1 Å². The zero-order valence-electron chi connectivity index (χ0n) is 14.1. The number of unbranched alkanes of at least 4 members (excludes halogenated alkanes) is 1. The molecule has 3 heteroatoms. The number of nitrogens with zero attached hydrogens (tertiary/aromatic N) is 2. The molecule has 0 bridgehead atoms. The van der Waals surface area contributed by atoms with E-state index in [0.717, 1.165) is 25.3 Å². The zero-order valence-corrected chi connectivity index (χ0v) is 14.1. The largest absolute Gasteiger partial charge is 0.371 e. The van der Waals surface area contributed by atoms with Crippen molar-refractivity contribution in [3.8, 4) is 0 Å². The van der Waals surface area contributed by atoms with Crippen LogP contribution in [0.15, 0.2) is 12.3 Å². The highest BCUT2D eigenvalue weighted by Crippen LogP contribution is 2.22. The zero-order chi connectivity index (χ0) is 15.2. The van der Waals surface area contributed by atoms with Gasteiger partial charge in [-0.2, -0.15) is 0 Å². The molecule has 3 nitrogen and oxygen atoms in total. The molecule has 0 aliphatic heterocycles. The second-order valence-electron chi connectivity index (χ2n) is 6.49. The van der Waals surface area contributed by atoms with Crippen LogP contribution in [0.5, 0.6) is 0 Å². The number of aryl methyl sites for hydroxylation is 1. The summed E-state index contributed by atoms with van der Waals surface area (Å²) < 4.78 is 0. The number of hydrogen-bond acceptors (Lipinski definition) is 3. The highest BCUT2D eigenvalue weighted by atomic mass is 15.1. The lowest BCUT2D eigenvalue weighted by Crippen LogP contribution is -2.36. The van der Waals surface area contributed by atoms with Crippen molar-refractivity contribution >= 4 is 5.69 Å². The van der Waals surface area contributed by atoms with Crippen LogP contribution >= 0.6 is 0 Å². The van der Waals surface area contributed by atoms with Crippen LogP contribution in [0.4, 0.5) is 5.69 Å². The molecule has 0 unspecified atom stereocenters. The minimum atomic E-state index is 0.128. The second-order valence-corrected chi connectivity index (χ2v) is 6.49. The molecule has 0 aliphatic rings. The van der Waals surface area contributed by atoms with Gasteiger partial charge in [0.2, 0.25) is 0 Å². The van der Waals surface area contributed by atoms with Crippen LogP contribution in [-0.2, 0) is 6.54 Å². The molecule has 1 rings (SSSR count). The number of rotatable bonds is 7. The minimum absolute atomic E-state index is 0.128. The highest BCUT2D eigenvalue weighted by Gasteiger charge is 2.14. The molecule has 0 amide bonds. The molecule has 0 atom stereocenters. The first kappa shape index (κ1) is 17.0. The Morgan fingerprint density at radius 1 is 1.25 bits per heavy atom. The lowest BCUT2D eigenvalue weighted by molar-refractivity contribution is 0.424. The molecule has 1 N–H and O–H groups in total. The third-order valence-corrected chi connectivity index (χ3v) is 3.41. The normalized spacial score (nSPS) is 11.7. The van der Waals surface area contributed by atoms with Gasteiger partial charge in [0, 0.05) is 48.3 Å². The van der Waals surface area contributed by atoms with Crippen molar-refractivity contribution < 1.29 is 0 Å². The van der Waals surface area contributed by atoms with Crippen molar-refractivity contribution in [2.75, 3.05) is 18.0 Å². The summed E-state index contributed by atoms with van der Waals surface area (Å²) in [6, 6.07) is 2.22. The predicted molar refractivity (Wildman–Crippen MR) is 88.4 cm³/mol. The number of aromatic nitrogens is 1. The molecule has 1 heterocycles. The van der Waals surface area contributed by atoms with Crippen molar-refractivity contribution in [1.29, 1.82) is 0 Å². The molecule has 0 spiro atoms. The van der Waals surface area contributed by atoms with E-state index in [2.05, 4.69) is 62.8 Å². The highest BCUT2D eigenvalue weighted by molar-refractivity contribution is 5.53. The average Bonchev–Trinajstić information content (AvgIpc) is 2.37. The van der Waals surface area contributed by atoms with Crippen LogP contribution < -0.4 is 10.2 Å². The summed E-state index contributed by atoms with van der Waals surface area (Å²) in [5.74, 6) is 0. The van der Waals surface area contributed by atoms with Gasteiger partial charge < -0.3 is 10.2 Å². The molecule has 0 radical (unpaired) electrons. The molecule has 0 saturated heterocycles. The van der Waals surface area contributed by atoms with Crippen molar-refractivity contribution in [1.82, 2.24) is 10.3 Å². The van der Waals surface area contributed by atoms with Gasteiger partial charge in [-0.25, -0.2) is 0 Å². The van der Waals surface area contributed by atoms with Crippen molar-refractivity contribution in [2.24, 2.45) is 0 Å². The quantitative estimate of drug-likeness (QED) is 0.819. The third-order valence-electron chi connectivity index (χ3n) is 3.41. The summed E-state index contributed by atoms with van der Waals surface area (Å²) >= 11 is 0. The Hall–Kier alpha value is -1.09. The molecule has 114 valence electrons. The first-order chi connectivity index (χ1) is 9.37. The van der Waals surface area contributed by atoms with E-state index in [9.17, 15) is 0 Å². The van der Waals surface area contributed by atoms with E-state index in [4.69, 9.17) is 0 Å². The van der Waals surface area contributed by atoms with E-state index in [-0.39, 0.29) is 5.54 Å². The number of pyridine rings is 1. The third kappa shape index (κ3) is 5.49. The predicted octanol–water partition coefficient (Wildman–Crippen LogP) is 3.90. The van der Waals surface area contributed by atoms with Crippen molar-refractivity contribution in [3.63, 3.8) is 0 Å². The molecule has 20 heavy (non-hydrogen) atoms. The van der Waals surface area contributed by atoms with E-state index in [1.54, 1.807) is 0 Å². The first-order valence-corrected chi connectivity index (χ1v) is 7.83. The Labute approximate surface area is 124 Å². The van der Waals surface area contributed by atoms with Crippen LogP contribution in [0.25, 0.3) is 0 Å². The maximum Gasteiger partial charge on any atom is 0.0445 e. The fourth-order valence-corrected chi connectivity index (χ4v) is 2.16. The first-order valence-electron chi connectivity index (χ1n) is 7.83. The monoisotopic (exact) mass is 277 g/mol. The van der Waals surface area contributed by atoms with E-state index >= 15 is 0 Å². The Balaban J connectivity index is 2.93. The Bertz CT molecular complexity index is 407. The fourth-order valence-electron chi connectivity index (χ4n) is 2.16. The van der Waals surface area contributed by atoms with Crippen LogP contribution in [0.3, 0.4) is 0 Å². The van der Waals surface area contributed by atoms with Crippen LogP contribution in [0, 0.1) is 6.92 Å². The minimum Gasteiger partial charge on any atom is -0.371 e. The lowest BCUT2D eigenvalue weighted by Gasteiger charge is -2.28. The molecule has 0 aromatic carbocycles. The van der Waals surface area contributed by atoms with E-state index < -0.39 is 0 Å². The van der Waals surface area contributed by atoms with E-state index in [0.29, 0.717) is 0 Å². The molecule has 0 fully saturated rings. The van der Waals surface area contributed by atoms with Gasteiger partial charge in [0.1, 0.15) is 0 Å². The summed E-state index contributed by atoms with van der Waals surface area (Å²) in [6.07, 6.45) is 4.50. The van der Waals surface area contributed by atoms with Gasteiger partial charge in [-0.3, -0.25) is 4.98 Å². The Morgan fingerprint density at radius 2 is 1.95 bits per heavy atom. The second kappa shape index (κ2) is 7.63. The van der Waals surface area contributed by atoms with Crippen LogP contribution in [-0.4, -0.2) is 23.6 Å². The van der Waals surface area contributed by atoms with Crippen LogP contribution in [0.2, 0.25) is 0 Å². The summed E-state index contributed by atoms with van der Waals surface area (Å²) in [5, 5.41) is 3.57. The van der Waals surface area contributed by atoms with Gasteiger partial charge in [0.05, 0.1) is 0 Å². The van der Waals surface area contributed by atoms with E-state index in [1.807, 2.05) is 6.20 Å². The Kier molecular flexibility index (Phi) is 6.47. The molecular weight excluding hydrogens is 246 g/mol. The summed E-state index contributed by atoms with van der Waals surface area (Å²) in [5.41, 5.74) is 3.85. The summed E-state index contributed by atoms with van der Waals surface area (Å²) in [6.45, 7) is 16.2. The maximum atomic E-state index is 4.47. The molecule has 0 aliphatic carbocycles. The maximum absolute atomic E-state index is 4.47. The van der Waals surface area contributed by atoms with Gasteiger partial charge in [-0.15, -0.1) is 0 Å². The van der Waals surface area contributed by atoms with Gasteiger partial charge in [0.15, 0.2) is 0 Å². The number of anilines is 1. The molecule has 0 saturated carbocycles.